The van der Waals surface area contributed by atoms with E-state index in [9.17, 15) is 0 Å². The van der Waals surface area contributed by atoms with Gasteiger partial charge in [0.05, 0.1) is 20.3 Å². The average molecular weight is 233 g/mol. The van der Waals surface area contributed by atoms with Crippen molar-refractivity contribution < 1.29 is 9.47 Å². The van der Waals surface area contributed by atoms with Gasteiger partial charge in [0.1, 0.15) is 5.75 Å². The molecule has 0 amide bonds. The number of methoxy groups -OCH3 is 1. The van der Waals surface area contributed by atoms with Crippen molar-refractivity contribution in [1.29, 1.82) is 0 Å². The van der Waals surface area contributed by atoms with Crippen molar-refractivity contribution in [2.75, 3.05) is 40.0 Å². The van der Waals surface area contributed by atoms with E-state index in [4.69, 9.17) is 9.47 Å². The lowest BCUT2D eigenvalue weighted by Gasteiger charge is -2.27. The van der Waals surface area contributed by atoms with Gasteiger partial charge in [-0.25, -0.2) is 0 Å². The average Bonchev–Trinajstić information content (AvgIpc) is 2.40. The van der Waals surface area contributed by atoms with Crippen LogP contribution in [0.5, 0.6) is 5.75 Å². The molecule has 1 heterocycles. The summed E-state index contributed by atoms with van der Waals surface area (Å²) in [7, 11) is 1.68. The predicted molar refractivity (Wildman–Crippen MR) is 69.3 cm³/mol. The number of nitrogens with zero attached hydrogens (tertiary/aromatic N) is 1. The number of morpholine rings is 1. The third-order valence-corrected chi connectivity index (χ3v) is 3.02. The van der Waals surface area contributed by atoms with E-state index in [0.29, 0.717) is 0 Å². The van der Waals surface area contributed by atoms with Gasteiger partial charge in [-0.15, -0.1) is 0 Å². The molecular formula is C14H19NO2. The molecule has 1 saturated heterocycles. The van der Waals surface area contributed by atoms with Crippen molar-refractivity contribution in [3.63, 3.8) is 0 Å². The van der Waals surface area contributed by atoms with Gasteiger partial charge >= 0.3 is 0 Å². The molecule has 0 aliphatic carbocycles. The molecule has 3 nitrogen and oxygen atoms in total. The van der Waals surface area contributed by atoms with Crippen LogP contribution in [0.3, 0.4) is 0 Å². The Morgan fingerprint density at radius 3 is 2.53 bits per heavy atom. The lowest BCUT2D eigenvalue weighted by molar-refractivity contribution is 0.0444. The first-order chi connectivity index (χ1) is 8.29. The van der Waals surface area contributed by atoms with Gasteiger partial charge in [-0.3, -0.25) is 4.90 Å². The molecule has 1 aliphatic heterocycles. The fraction of sp³-hybridized carbons (Fsp3) is 0.429. The highest BCUT2D eigenvalue weighted by molar-refractivity contribution is 5.65. The Morgan fingerprint density at radius 2 is 1.94 bits per heavy atom. The predicted octanol–water partition coefficient (Wildman–Crippen LogP) is 2.04. The van der Waals surface area contributed by atoms with Crippen LogP contribution in [0.2, 0.25) is 0 Å². The van der Waals surface area contributed by atoms with Gasteiger partial charge in [0, 0.05) is 19.6 Å². The molecule has 92 valence electrons. The number of rotatable bonds is 4. The van der Waals surface area contributed by atoms with E-state index in [2.05, 4.69) is 23.6 Å². The van der Waals surface area contributed by atoms with Crippen LogP contribution < -0.4 is 4.74 Å². The van der Waals surface area contributed by atoms with Gasteiger partial charge < -0.3 is 9.47 Å². The molecule has 1 aromatic carbocycles. The minimum Gasteiger partial charge on any atom is -0.497 e. The van der Waals surface area contributed by atoms with Crippen molar-refractivity contribution in [2.45, 2.75) is 0 Å². The largest absolute Gasteiger partial charge is 0.497 e. The first kappa shape index (κ1) is 12.1. The minimum absolute atomic E-state index is 0.829. The molecule has 1 aromatic rings. The summed E-state index contributed by atoms with van der Waals surface area (Å²) in [6.07, 6.45) is 0. The number of hydrogen-bond donors (Lipinski definition) is 0. The normalized spacial score (nSPS) is 16.8. The summed E-state index contributed by atoms with van der Waals surface area (Å²) >= 11 is 0. The van der Waals surface area contributed by atoms with E-state index in [1.54, 1.807) is 7.11 Å². The van der Waals surface area contributed by atoms with E-state index in [1.165, 1.54) is 5.56 Å². The van der Waals surface area contributed by atoms with Crippen LogP contribution in [-0.2, 0) is 4.74 Å². The third kappa shape index (κ3) is 3.32. The number of hydrogen-bond acceptors (Lipinski definition) is 3. The Bertz CT molecular complexity index is 366. The molecule has 1 fully saturated rings. The molecule has 17 heavy (non-hydrogen) atoms. The van der Waals surface area contributed by atoms with E-state index < -0.39 is 0 Å². The van der Waals surface area contributed by atoms with Crippen molar-refractivity contribution in [3.8, 4) is 5.75 Å². The number of benzene rings is 1. The maximum absolute atomic E-state index is 5.33. The second kappa shape index (κ2) is 5.84. The minimum atomic E-state index is 0.829. The SMILES string of the molecule is C=C(CN1CCOCC1)c1ccc(OC)cc1. The quantitative estimate of drug-likeness (QED) is 0.794. The fourth-order valence-corrected chi connectivity index (χ4v) is 1.95. The summed E-state index contributed by atoms with van der Waals surface area (Å²) in [6.45, 7) is 8.71. The summed E-state index contributed by atoms with van der Waals surface area (Å²) in [5.41, 5.74) is 2.33. The van der Waals surface area contributed by atoms with E-state index in [1.807, 2.05) is 12.1 Å². The first-order valence-corrected chi connectivity index (χ1v) is 5.92. The zero-order valence-corrected chi connectivity index (χ0v) is 10.3. The molecule has 1 aliphatic rings. The summed E-state index contributed by atoms with van der Waals surface area (Å²) in [4.78, 5) is 2.37. The van der Waals surface area contributed by atoms with Crippen LogP contribution >= 0.6 is 0 Å². The van der Waals surface area contributed by atoms with Crippen LogP contribution in [0.15, 0.2) is 30.8 Å². The van der Waals surface area contributed by atoms with Gasteiger partial charge in [0.15, 0.2) is 0 Å². The van der Waals surface area contributed by atoms with Crippen LogP contribution in [0.25, 0.3) is 5.57 Å². The Hall–Kier alpha value is -1.32. The Kier molecular flexibility index (Phi) is 4.18. The van der Waals surface area contributed by atoms with Gasteiger partial charge in [-0.2, -0.15) is 0 Å². The fourth-order valence-electron chi connectivity index (χ4n) is 1.95. The van der Waals surface area contributed by atoms with Crippen molar-refractivity contribution in [2.24, 2.45) is 0 Å². The molecule has 0 saturated carbocycles. The Labute approximate surface area is 103 Å². The van der Waals surface area contributed by atoms with E-state index in [-0.39, 0.29) is 0 Å². The summed E-state index contributed by atoms with van der Waals surface area (Å²) in [5.74, 6) is 0.882. The van der Waals surface area contributed by atoms with Crippen LogP contribution in [0, 0.1) is 0 Å². The van der Waals surface area contributed by atoms with Gasteiger partial charge in [0.2, 0.25) is 0 Å². The molecule has 0 atom stereocenters. The number of ether oxygens (including phenoxy) is 2. The highest BCUT2D eigenvalue weighted by atomic mass is 16.5. The summed E-state index contributed by atoms with van der Waals surface area (Å²) in [5, 5.41) is 0. The van der Waals surface area contributed by atoms with E-state index >= 15 is 0 Å². The zero-order valence-electron chi connectivity index (χ0n) is 10.3. The maximum Gasteiger partial charge on any atom is 0.118 e. The van der Waals surface area contributed by atoms with Crippen LogP contribution in [-0.4, -0.2) is 44.9 Å². The first-order valence-electron chi connectivity index (χ1n) is 5.92. The van der Waals surface area contributed by atoms with Gasteiger partial charge in [-0.1, -0.05) is 18.7 Å². The van der Waals surface area contributed by atoms with Crippen molar-refractivity contribution in [1.82, 2.24) is 4.90 Å². The molecule has 0 unspecified atom stereocenters. The second-order valence-electron chi connectivity index (χ2n) is 4.22. The standard InChI is InChI=1S/C14H19NO2/c1-12(11-15-7-9-17-10-8-15)13-3-5-14(16-2)6-4-13/h3-6H,1,7-11H2,2H3. The lowest BCUT2D eigenvalue weighted by atomic mass is 10.1. The Balaban J connectivity index is 1.93. The van der Waals surface area contributed by atoms with Crippen molar-refractivity contribution in [3.05, 3.63) is 36.4 Å². The molecule has 2 rings (SSSR count). The maximum atomic E-state index is 5.33. The smallest absolute Gasteiger partial charge is 0.118 e. The summed E-state index contributed by atoms with van der Waals surface area (Å²) in [6, 6.07) is 8.06. The molecule has 0 radical (unpaired) electrons. The van der Waals surface area contributed by atoms with E-state index in [0.717, 1.165) is 44.2 Å². The third-order valence-electron chi connectivity index (χ3n) is 3.02. The topological polar surface area (TPSA) is 21.7 Å². The van der Waals surface area contributed by atoms with Crippen molar-refractivity contribution >= 4 is 5.57 Å². The molecule has 0 aromatic heterocycles. The zero-order chi connectivity index (χ0) is 12.1. The molecule has 0 spiro atoms. The summed E-state index contributed by atoms with van der Waals surface area (Å²) < 4.78 is 10.5. The van der Waals surface area contributed by atoms with Crippen LogP contribution in [0.4, 0.5) is 0 Å². The van der Waals surface area contributed by atoms with Gasteiger partial charge in [-0.05, 0) is 23.3 Å². The molecule has 0 N–H and O–H groups in total. The molecule has 0 bridgehead atoms. The molecule has 3 heteroatoms. The highest BCUT2D eigenvalue weighted by Gasteiger charge is 2.11. The van der Waals surface area contributed by atoms with Crippen LogP contribution in [0.1, 0.15) is 5.56 Å². The second-order valence-corrected chi connectivity index (χ2v) is 4.22. The highest BCUT2D eigenvalue weighted by Crippen LogP contribution is 2.18. The van der Waals surface area contributed by atoms with Gasteiger partial charge in [0.25, 0.3) is 0 Å². The monoisotopic (exact) mass is 233 g/mol. The molecular weight excluding hydrogens is 214 g/mol. The Morgan fingerprint density at radius 1 is 1.29 bits per heavy atom. The lowest BCUT2D eigenvalue weighted by Crippen LogP contribution is -2.37.